The molecule has 1 saturated heterocycles. The van der Waals surface area contributed by atoms with Crippen LogP contribution >= 0.6 is 0 Å². The van der Waals surface area contributed by atoms with Gasteiger partial charge in [0, 0.05) is 55.5 Å². The van der Waals surface area contributed by atoms with Crippen LogP contribution < -0.4 is 24.4 Å². The van der Waals surface area contributed by atoms with Gasteiger partial charge in [-0.25, -0.2) is 4.98 Å². The fourth-order valence-corrected chi connectivity index (χ4v) is 3.78. The van der Waals surface area contributed by atoms with E-state index in [2.05, 4.69) is 20.4 Å². The van der Waals surface area contributed by atoms with Gasteiger partial charge < -0.3 is 34.5 Å². The number of nitrogens with zero attached hydrogens (tertiary/aromatic N) is 4. The number of aromatic nitrogens is 1. The van der Waals surface area contributed by atoms with Crippen LogP contribution in [0.25, 0.3) is 10.9 Å². The standard InChI is InChI=1S/C23H27N5O4/c1-30-18-13-17(14-19(15-18)31-2)27-8-10-28(11-9-27)23(26-29)25-21-12-16-6-4-5-7-20(16)24-22(21)32-3/h4-7,12-15,29H,8-11H2,1-3H3,(H,25,26). The molecule has 1 aliphatic heterocycles. The molecule has 1 aliphatic rings. The van der Waals surface area contributed by atoms with Gasteiger partial charge in [0.15, 0.2) is 0 Å². The van der Waals surface area contributed by atoms with E-state index in [1.54, 1.807) is 21.3 Å². The van der Waals surface area contributed by atoms with Crippen molar-refractivity contribution < 1.29 is 19.4 Å². The van der Waals surface area contributed by atoms with Crippen molar-refractivity contribution >= 4 is 28.2 Å². The van der Waals surface area contributed by atoms with Gasteiger partial charge in [-0.05, 0) is 12.1 Å². The summed E-state index contributed by atoms with van der Waals surface area (Å²) >= 11 is 0. The highest BCUT2D eigenvalue weighted by atomic mass is 16.5. The van der Waals surface area contributed by atoms with Crippen LogP contribution in [0.3, 0.4) is 0 Å². The van der Waals surface area contributed by atoms with Gasteiger partial charge in [0.05, 0.1) is 26.8 Å². The average Bonchev–Trinajstić information content (AvgIpc) is 2.86. The number of guanidine groups is 1. The first-order chi connectivity index (χ1) is 15.6. The number of ether oxygens (including phenoxy) is 3. The number of para-hydroxylation sites is 1. The highest BCUT2D eigenvalue weighted by Gasteiger charge is 2.22. The van der Waals surface area contributed by atoms with E-state index in [4.69, 9.17) is 14.2 Å². The van der Waals surface area contributed by atoms with Gasteiger partial charge in [-0.15, -0.1) is 0 Å². The minimum Gasteiger partial charge on any atom is -0.497 e. The summed E-state index contributed by atoms with van der Waals surface area (Å²) in [5.41, 5.74) is 2.50. The summed E-state index contributed by atoms with van der Waals surface area (Å²) in [7, 11) is 4.85. The number of rotatable bonds is 5. The van der Waals surface area contributed by atoms with Crippen molar-refractivity contribution in [2.45, 2.75) is 0 Å². The maximum atomic E-state index is 9.71. The van der Waals surface area contributed by atoms with E-state index in [1.165, 1.54) is 0 Å². The number of oxime groups is 1. The summed E-state index contributed by atoms with van der Waals surface area (Å²) in [6, 6.07) is 15.6. The van der Waals surface area contributed by atoms with Crippen molar-refractivity contribution in [2.24, 2.45) is 5.16 Å². The number of nitrogens with one attached hydrogen (secondary N) is 1. The van der Waals surface area contributed by atoms with E-state index >= 15 is 0 Å². The molecule has 0 bridgehead atoms. The Morgan fingerprint density at radius 3 is 2.25 bits per heavy atom. The molecule has 168 valence electrons. The van der Waals surface area contributed by atoms with E-state index in [-0.39, 0.29) is 0 Å². The first kappa shape index (κ1) is 21.4. The Morgan fingerprint density at radius 2 is 1.62 bits per heavy atom. The van der Waals surface area contributed by atoms with Crippen molar-refractivity contribution in [1.82, 2.24) is 9.88 Å². The number of methoxy groups -OCH3 is 3. The summed E-state index contributed by atoms with van der Waals surface area (Å²) < 4.78 is 16.2. The topological polar surface area (TPSA) is 91.7 Å². The second kappa shape index (κ2) is 9.51. The van der Waals surface area contributed by atoms with Crippen LogP contribution in [0.1, 0.15) is 0 Å². The molecular weight excluding hydrogens is 410 g/mol. The zero-order valence-corrected chi connectivity index (χ0v) is 18.4. The molecule has 32 heavy (non-hydrogen) atoms. The zero-order chi connectivity index (χ0) is 22.5. The number of fused-ring (bicyclic) bond motifs is 1. The number of hydrogen-bond donors (Lipinski definition) is 2. The van der Waals surface area contributed by atoms with Gasteiger partial charge >= 0.3 is 0 Å². The quantitative estimate of drug-likeness (QED) is 0.272. The molecule has 3 aromatic rings. The van der Waals surface area contributed by atoms with E-state index < -0.39 is 0 Å². The van der Waals surface area contributed by atoms with Crippen molar-refractivity contribution in [3.05, 3.63) is 48.5 Å². The summed E-state index contributed by atoms with van der Waals surface area (Å²) in [6.45, 7) is 2.80. The smallest absolute Gasteiger partial charge is 0.240 e. The normalized spacial score (nSPS) is 14.4. The van der Waals surface area contributed by atoms with E-state index in [0.717, 1.165) is 41.2 Å². The Labute approximate surface area is 186 Å². The highest BCUT2D eigenvalue weighted by molar-refractivity contribution is 5.97. The van der Waals surface area contributed by atoms with Crippen molar-refractivity contribution in [1.29, 1.82) is 0 Å². The van der Waals surface area contributed by atoms with Crippen LogP contribution in [-0.4, -0.2) is 68.6 Å². The number of benzene rings is 2. The SMILES string of the molecule is COc1cc(OC)cc(N2CCN(C(=NO)Nc3cc4ccccc4nc3OC)CC2)c1. The van der Waals surface area contributed by atoms with Gasteiger partial charge in [0.1, 0.15) is 17.2 Å². The molecule has 0 amide bonds. The molecule has 2 aromatic carbocycles. The highest BCUT2D eigenvalue weighted by Crippen LogP contribution is 2.30. The number of pyridine rings is 1. The summed E-state index contributed by atoms with van der Waals surface area (Å²) in [6.07, 6.45) is 0. The minimum atomic E-state index is 0.350. The van der Waals surface area contributed by atoms with Crippen molar-refractivity contribution in [3.63, 3.8) is 0 Å². The maximum Gasteiger partial charge on any atom is 0.240 e. The molecule has 2 N–H and O–H groups in total. The zero-order valence-electron chi connectivity index (χ0n) is 18.4. The third-order valence-corrected chi connectivity index (χ3v) is 5.50. The molecule has 0 unspecified atom stereocenters. The van der Waals surface area contributed by atoms with Crippen LogP contribution in [0.2, 0.25) is 0 Å². The number of piperazine rings is 1. The van der Waals surface area contributed by atoms with E-state index in [1.807, 2.05) is 53.4 Å². The molecule has 9 heteroatoms. The molecule has 0 saturated carbocycles. The molecule has 0 aliphatic carbocycles. The fraction of sp³-hybridized carbons (Fsp3) is 0.304. The Morgan fingerprint density at radius 1 is 0.938 bits per heavy atom. The monoisotopic (exact) mass is 437 g/mol. The Balaban J connectivity index is 1.48. The van der Waals surface area contributed by atoms with E-state index in [0.29, 0.717) is 30.6 Å². The molecule has 1 aromatic heterocycles. The predicted octanol–water partition coefficient (Wildman–Crippen LogP) is 3.24. The largest absolute Gasteiger partial charge is 0.497 e. The van der Waals surface area contributed by atoms with Crippen LogP contribution in [-0.2, 0) is 0 Å². The summed E-state index contributed by atoms with van der Waals surface area (Å²) in [4.78, 5) is 8.77. The molecule has 9 nitrogen and oxygen atoms in total. The predicted molar refractivity (Wildman–Crippen MR) is 124 cm³/mol. The first-order valence-corrected chi connectivity index (χ1v) is 10.3. The van der Waals surface area contributed by atoms with Gasteiger partial charge in [0.2, 0.25) is 11.8 Å². The lowest BCUT2D eigenvalue weighted by molar-refractivity contribution is 0.295. The van der Waals surface area contributed by atoms with Gasteiger partial charge in [-0.2, -0.15) is 0 Å². The minimum absolute atomic E-state index is 0.350. The fourth-order valence-electron chi connectivity index (χ4n) is 3.78. The second-order valence-corrected chi connectivity index (χ2v) is 7.33. The number of anilines is 2. The first-order valence-electron chi connectivity index (χ1n) is 10.3. The van der Waals surface area contributed by atoms with Crippen LogP contribution in [0, 0.1) is 0 Å². The van der Waals surface area contributed by atoms with Crippen molar-refractivity contribution in [3.8, 4) is 17.4 Å². The third kappa shape index (κ3) is 4.41. The van der Waals surface area contributed by atoms with Crippen molar-refractivity contribution in [2.75, 3.05) is 57.7 Å². The van der Waals surface area contributed by atoms with E-state index in [9.17, 15) is 5.21 Å². The molecule has 0 spiro atoms. The van der Waals surface area contributed by atoms with Crippen LogP contribution in [0.5, 0.6) is 17.4 Å². The second-order valence-electron chi connectivity index (χ2n) is 7.33. The van der Waals surface area contributed by atoms with Gasteiger partial charge in [-0.3, -0.25) is 0 Å². The molecule has 0 atom stereocenters. The van der Waals surface area contributed by atoms with Crippen LogP contribution in [0.4, 0.5) is 11.4 Å². The number of hydrogen-bond acceptors (Lipinski definition) is 7. The molecule has 0 radical (unpaired) electrons. The molecule has 4 rings (SSSR count). The lowest BCUT2D eigenvalue weighted by Gasteiger charge is -2.37. The Kier molecular flexibility index (Phi) is 6.34. The molecule has 1 fully saturated rings. The third-order valence-electron chi connectivity index (χ3n) is 5.50. The van der Waals surface area contributed by atoms with Gasteiger partial charge in [-0.1, -0.05) is 23.4 Å². The summed E-state index contributed by atoms with van der Waals surface area (Å²) in [5.74, 6) is 2.28. The Hall–Kier alpha value is -3.88. The molecular formula is C23H27N5O4. The van der Waals surface area contributed by atoms with Gasteiger partial charge in [0.25, 0.3) is 0 Å². The average molecular weight is 438 g/mol. The lowest BCUT2D eigenvalue weighted by Crippen LogP contribution is -2.50. The maximum absolute atomic E-state index is 9.71. The summed E-state index contributed by atoms with van der Waals surface area (Å²) in [5, 5.41) is 17.4. The molecule has 2 heterocycles. The Bertz CT molecular complexity index is 1090. The van der Waals surface area contributed by atoms with Crippen LogP contribution in [0.15, 0.2) is 53.7 Å². The lowest BCUT2D eigenvalue weighted by atomic mass is 10.2.